The maximum Gasteiger partial charge on any atom is 0.101 e. The summed E-state index contributed by atoms with van der Waals surface area (Å²) >= 11 is 0. The van der Waals surface area contributed by atoms with Crippen molar-refractivity contribution in [3.63, 3.8) is 0 Å². The zero-order valence-corrected chi connectivity index (χ0v) is 21.3. The van der Waals surface area contributed by atoms with Crippen LogP contribution in [0, 0.1) is 0 Å². The van der Waals surface area contributed by atoms with E-state index in [1.165, 1.54) is 122 Å². The highest BCUT2D eigenvalue weighted by atomic mass is 16.5. The van der Waals surface area contributed by atoms with Gasteiger partial charge in [0.2, 0.25) is 0 Å². The summed E-state index contributed by atoms with van der Waals surface area (Å²) < 4.78 is 10.3. The lowest BCUT2D eigenvalue weighted by atomic mass is 10.0. The van der Waals surface area contributed by atoms with Crippen molar-refractivity contribution in [3.05, 3.63) is 12.2 Å². The largest absolute Gasteiger partial charge is 0.388 e. The SMILES string of the molecule is CCCCCCCCCCCCC/C=C\CCCCCCCCCOC[C@@H](O)COC. The first-order valence-electron chi connectivity index (χ1n) is 13.7. The number of hydrogen-bond acceptors (Lipinski definition) is 3. The fraction of sp³-hybridized carbons (Fsp3) is 0.929. The molecule has 0 fully saturated rings. The van der Waals surface area contributed by atoms with Crippen LogP contribution in [-0.2, 0) is 9.47 Å². The molecule has 0 saturated carbocycles. The van der Waals surface area contributed by atoms with Crippen LogP contribution in [0.1, 0.15) is 135 Å². The number of ether oxygens (including phenoxy) is 2. The van der Waals surface area contributed by atoms with Gasteiger partial charge in [-0.1, -0.05) is 115 Å². The Morgan fingerprint density at radius 3 is 1.45 bits per heavy atom. The van der Waals surface area contributed by atoms with Crippen molar-refractivity contribution in [2.24, 2.45) is 0 Å². The van der Waals surface area contributed by atoms with Gasteiger partial charge in [0.05, 0.1) is 13.2 Å². The van der Waals surface area contributed by atoms with E-state index in [9.17, 15) is 5.11 Å². The Morgan fingerprint density at radius 2 is 1.00 bits per heavy atom. The van der Waals surface area contributed by atoms with E-state index < -0.39 is 6.10 Å². The normalized spacial score (nSPS) is 12.7. The number of allylic oxidation sites excluding steroid dienone is 2. The molecule has 0 aliphatic heterocycles. The molecule has 3 heteroatoms. The molecule has 1 N–H and O–H groups in total. The van der Waals surface area contributed by atoms with E-state index in [2.05, 4.69) is 19.1 Å². The van der Waals surface area contributed by atoms with Gasteiger partial charge in [-0.05, 0) is 32.1 Å². The molecule has 0 heterocycles. The predicted molar refractivity (Wildman–Crippen MR) is 136 cm³/mol. The summed E-state index contributed by atoms with van der Waals surface area (Å²) in [5, 5.41) is 9.47. The molecule has 0 spiro atoms. The van der Waals surface area contributed by atoms with Crippen LogP contribution in [0.25, 0.3) is 0 Å². The molecule has 0 aromatic rings. The van der Waals surface area contributed by atoms with Gasteiger partial charge < -0.3 is 14.6 Å². The number of aliphatic hydroxyl groups is 1. The van der Waals surface area contributed by atoms with E-state index in [4.69, 9.17) is 9.47 Å². The van der Waals surface area contributed by atoms with E-state index in [-0.39, 0.29) is 0 Å². The number of rotatable bonds is 26. The lowest BCUT2D eigenvalue weighted by Gasteiger charge is -2.09. The summed E-state index contributed by atoms with van der Waals surface area (Å²) in [7, 11) is 1.60. The van der Waals surface area contributed by atoms with Crippen molar-refractivity contribution in [2.45, 2.75) is 141 Å². The fourth-order valence-electron chi connectivity index (χ4n) is 3.97. The molecule has 186 valence electrons. The summed E-state index contributed by atoms with van der Waals surface area (Å²) in [6.07, 6.45) is 31.6. The van der Waals surface area contributed by atoms with Crippen LogP contribution in [0.5, 0.6) is 0 Å². The maximum atomic E-state index is 9.47. The third kappa shape index (κ3) is 27.6. The molecule has 0 aromatic carbocycles. The Hall–Kier alpha value is -0.380. The van der Waals surface area contributed by atoms with Crippen molar-refractivity contribution >= 4 is 0 Å². The lowest BCUT2D eigenvalue weighted by Crippen LogP contribution is -2.21. The van der Waals surface area contributed by atoms with E-state index in [1.54, 1.807) is 7.11 Å². The van der Waals surface area contributed by atoms with Gasteiger partial charge in [-0.3, -0.25) is 0 Å². The Balaban J connectivity index is 3.10. The highest BCUT2D eigenvalue weighted by Crippen LogP contribution is 2.13. The third-order valence-electron chi connectivity index (χ3n) is 5.97. The minimum atomic E-state index is -0.487. The smallest absolute Gasteiger partial charge is 0.101 e. The van der Waals surface area contributed by atoms with Crippen LogP contribution in [0.4, 0.5) is 0 Å². The standard InChI is InChI=1S/C28H56O3/c1-3-4-5-6-7-8-9-10-11-12-13-14-15-16-17-18-19-20-21-22-23-24-25-31-27-28(29)26-30-2/h15-16,28-29H,3-14,17-27H2,1-2H3/b16-15-/t28-/m0/s1. The van der Waals surface area contributed by atoms with E-state index in [0.29, 0.717) is 13.2 Å². The molecule has 0 aliphatic carbocycles. The highest BCUT2D eigenvalue weighted by molar-refractivity contribution is 4.81. The van der Waals surface area contributed by atoms with Gasteiger partial charge >= 0.3 is 0 Å². The van der Waals surface area contributed by atoms with Crippen molar-refractivity contribution < 1.29 is 14.6 Å². The van der Waals surface area contributed by atoms with Gasteiger partial charge in [-0.15, -0.1) is 0 Å². The quantitative estimate of drug-likeness (QED) is 0.108. The first kappa shape index (κ1) is 30.6. The molecule has 1 atom stereocenters. The Bertz CT molecular complexity index is 343. The molecule has 0 aliphatic rings. The van der Waals surface area contributed by atoms with Gasteiger partial charge in [0.15, 0.2) is 0 Å². The van der Waals surface area contributed by atoms with Gasteiger partial charge in [-0.2, -0.15) is 0 Å². The molecule has 0 amide bonds. The molecule has 0 rings (SSSR count). The van der Waals surface area contributed by atoms with Crippen molar-refractivity contribution in [1.82, 2.24) is 0 Å². The minimum absolute atomic E-state index is 0.356. The summed E-state index contributed by atoms with van der Waals surface area (Å²) in [6, 6.07) is 0. The Morgan fingerprint density at radius 1 is 0.581 bits per heavy atom. The predicted octanol–water partition coefficient (Wildman–Crippen LogP) is 8.39. The summed E-state index contributed by atoms with van der Waals surface area (Å²) in [4.78, 5) is 0. The monoisotopic (exact) mass is 440 g/mol. The third-order valence-corrected chi connectivity index (χ3v) is 5.97. The number of methoxy groups -OCH3 is 1. The summed E-state index contributed by atoms with van der Waals surface area (Å²) in [6.45, 7) is 3.79. The van der Waals surface area contributed by atoms with Crippen molar-refractivity contribution in [3.8, 4) is 0 Å². The van der Waals surface area contributed by atoms with Gasteiger partial charge in [0.25, 0.3) is 0 Å². The van der Waals surface area contributed by atoms with E-state index in [0.717, 1.165) is 13.0 Å². The van der Waals surface area contributed by atoms with E-state index >= 15 is 0 Å². The average molecular weight is 441 g/mol. The molecule has 0 saturated heterocycles. The molecule has 0 radical (unpaired) electrons. The minimum Gasteiger partial charge on any atom is -0.388 e. The first-order valence-corrected chi connectivity index (χ1v) is 13.7. The van der Waals surface area contributed by atoms with Gasteiger partial charge in [-0.25, -0.2) is 0 Å². The number of hydrogen-bond donors (Lipinski definition) is 1. The van der Waals surface area contributed by atoms with E-state index in [1.807, 2.05) is 0 Å². The van der Waals surface area contributed by atoms with Crippen molar-refractivity contribution in [1.29, 1.82) is 0 Å². The Labute approximate surface area is 195 Å². The summed E-state index contributed by atoms with van der Waals surface area (Å²) in [5.74, 6) is 0. The van der Waals surface area contributed by atoms with Gasteiger partial charge in [0, 0.05) is 13.7 Å². The summed E-state index contributed by atoms with van der Waals surface area (Å²) in [5.41, 5.74) is 0. The molecule has 3 nitrogen and oxygen atoms in total. The van der Waals surface area contributed by atoms with Crippen LogP contribution in [0.15, 0.2) is 12.2 Å². The van der Waals surface area contributed by atoms with Gasteiger partial charge in [0.1, 0.15) is 6.10 Å². The molecule has 0 unspecified atom stereocenters. The topological polar surface area (TPSA) is 38.7 Å². The maximum absolute atomic E-state index is 9.47. The second-order valence-electron chi connectivity index (χ2n) is 9.24. The Kier molecular flexibility index (Phi) is 27.3. The lowest BCUT2D eigenvalue weighted by molar-refractivity contribution is -0.00684. The van der Waals surface area contributed by atoms with Crippen LogP contribution in [0.3, 0.4) is 0 Å². The molecular weight excluding hydrogens is 384 g/mol. The number of unbranched alkanes of at least 4 members (excludes halogenated alkanes) is 18. The van der Waals surface area contributed by atoms with Crippen LogP contribution < -0.4 is 0 Å². The molecule has 0 aromatic heterocycles. The molecule has 0 bridgehead atoms. The fourth-order valence-corrected chi connectivity index (χ4v) is 3.97. The zero-order chi connectivity index (χ0) is 22.7. The van der Waals surface area contributed by atoms with Crippen LogP contribution in [0.2, 0.25) is 0 Å². The van der Waals surface area contributed by atoms with Crippen LogP contribution in [-0.4, -0.2) is 38.1 Å². The van der Waals surface area contributed by atoms with Crippen LogP contribution >= 0.6 is 0 Å². The number of aliphatic hydroxyl groups excluding tert-OH is 1. The molecule has 31 heavy (non-hydrogen) atoms. The average Bonchev–Trinajstić information content (AvgIpc) is 2.77. The first-order chi connectivity index (χ1) is 15.3. The highest BCUT2D eigenvalue weighted by Gasteiger charge is 2.02. The second-order valence-corrected chi connectivity index (χ2v) is 9.24. The molecular formula is C28H56O3. The zero-order valence-electron chi connectivity index (χ0n) is 21.3. The van der Waals surface area contributed by atoms with Crippen molar-refractivity contribution in [2.75, 3.05) is 26.9 Å². The second kappa shape index (κ2) is 27.7.